The van der Waals surface area contributed by atoms with Crippen molar-refractivity contribution in [1.82, 2.24) is 16.0 Å². The molecular formula is C25H37ClN6O6. The van der Waals surface area contributed by atoms with Crippen LogP contribution in [0, 0.1) is 5.41 Å². The molecule has 0 bridgehead atoms. The molecule has 0 heterocycles. The third-order valence-corrected chi connectivity index (χ3v) is 5.10. The van der Waals surface area contributed by atoms with E-state index in [1.54, 1.807) is 30.3 Å². The molecule has 3 amide bonds. The highest BCUT2D eigenvalue weighted by Gasteiger charge is 2.26. The molecule has 210 valence electrons. The summed E-state index contributed by atoms with van der Waals surface area (Å²) in [6.45, 7) is 8.76. The maximum Gasteiger partial charge on any atom is 0.326 e. The number of nitrogens with two attached hydrogens (primary N) is 1. The van der Waals surface area contributed by atoms with Crippen molar-refractivity contribution < 1.29 is 29.0 Å². The fraction of sp³-hybridized carbons (Fsp3) is 0.400. The van der Waals surface area contributed by atoms with Crippen molar-refractivity contribution in [2.45, 2.75) is 44.7 Å². The lowest BCUT2D eigenvalue weighted by Gasteiger charge is -2.24. The number of aliphatic carboxylic acids is 1. The topological polar surface area (TPSA) is 187 Å². The number of carbonyl (C=O) groups is 4. The van der Waals surface area contributed by atoms with E-state index in [0.717, 1.165) is 0 Å². The first-order valence-electron chi connectivity index (χ1n) is 11.7. The number of carbonyl (C=O) groups excluding carboxylic acids is 3. The Balaban J connectivity index is 0.0000137. The van der Waals surface area contributed by atoms with Crippen LogP contribution in [0.1, 0.15) is 32.6 Å². The summed E-state index contributed by atoms with van der Waals surface area (Å²) in [7, 11) is 0. The van der Waals surface area contributed by atoms with Crippen molar-refractivity contribution in [3.8, 4) is 5.75 Å². The first-order valence-corrected chi connectivity index (χ1v) is 11.7. The number of ether oxygens (including phenoxy) is 1. The molecule has 0 aromatic heterocycles. The molecule has 0 aliphatic heterocycles. The Morgan fingerprint density at radius 2 is 1.76 bits per heavy atom. The lowest BCUT2D eigenvalue weighted by Crippen LogP contribution is -2.53. The summed E-state index contributed by atoms with van der Waals surface area (Å²) in [6.07, 6.45) is 4.21. The van der Waals surface area contributed by atoms with E-state index in [9.17, 15) is 24.3 Å². The molecule has 0 fully saturated rings. The van der Waals surface area contributed by atoms with Crippen LogP contribution in [-0.4, -0.2) is 66.5 Å². The summed E-state index contributed by atoms with van der Waals surface area (Å²) < 4.78 is 5.43. The summed E-state index contributed by atoms with van der Waals surface area (Å²) in [6, 6.07) is 4.34. The highest BCUT2D eigenvalue weighted by molar-refractivity contribution is 5.98. The predicted molar refractivity (Wildman–Crippen MR) is 147 cm³/mol. The number of anilines is 1. The summed E-state index contributed by atoms with van der Waals surface area (Å²) in [4.78, 5) is 50.7. The van der Waals surface area contributed by atoms with Crippen LogP contribution in [0.2, 0.25) is 0 Å². The molecule has 1 aromatic rings. The van der Waals surface area contributed by atoms with Gasteiger partial charge in [0.25, 0.3) is 0 Å². The third kappa shape index (κ3) is 12.8. The Morgan fingerprint density at radius 1 is 1.11 bits per heavy atom. The number of rotatable bonds is 17. The molecule has 38 heavy (non-hydrogen) atoms. The quantitative estimate of drug-likeness (QED) is 0.0722. The van der Waals surface area contributed by atoms with Crippen LogP contribution in [0.5, 0.6) is 5.75 Å². The van der Waals surface area contributed by atoms with E-state index in [1.165, 1.54) is 17.9 Å². The number of benzene rings is 1. The zero-order chi connectivity index (χ0) is 27.8. The van der Waals surface area contributed by atoms with Gasteiger partial charge in [0.2, 0.25) is 17.7 Å². The highest BCUT2D eigenvalue weighted by Crippen LogP contribution is 2.20. The first-order chi connectivity index (χ1) is 17.6. The largest absolute Gasteiger partial charge is 0.490 e. The molecule has 0 saturated carbocycles. The number of carboxylic acid groups (broad SMARTS) is 1. The highest BCUT2D eigenvalue weighted by atomic mass is 35.5. The van der Waals surface area contributed by atoms with Gasteiger partial charge in [0, 0.05) is 19.2 Å². The summed E-state index contributed by atoms with van der Waals surface area (Å²) in [5.74, 6) is -2.49. The molecule has 1 rings (SSSR count). The number of unbranched alkanes of at least 4 members (excludes halogenated alkanes) is 1. The number of nitrogens with zero attached hydrogens (tertiary/aromatic N) is 1. The number of hydrogen-bond donors (Lipinski definition) is 6. The number of guanidine groups is 1. The van der Waals surface area contributed by atoms with Crippen molar-refractivity contribution in [3.05, 3.63) is 49.6 Å². The van der Waals surface area contributed by atoms with Gasteiger partial charge in [-0.05, 0) is 49.9 Å². The molecular weight excluding hydrogens is 516 g/mol. The second kappa shape index (κ2) is 18.2. The predicted octanol–water partition coefficient (Wildman–Crippen LogP) is 1.31. The Bertz CT molecular complexity index is 972. The van der Waals surface area contributed by atoms with E-state index >= 15 is 0 Å². The van der Waals surface area contributed by atoms with Gasteiger partial charge in [-0.1, -0.05) is 18.7 Å². The maximum absolute atomic E-state index is 12.9. The first kappa shape index (κ1) is 33.9. The van der Waals surface area contributed by atoms with Crippen LogP contribution < -0.4 is 31.3 Å². The second-order valence-electron chi connectivity index (χ2n) is 8.08. The second-order valence-corrected chi connectivity index (χ2v) is 8.08. The number of carboxylic acids is 1. The molecule has 0 saturated heterocycles. The molecule has 0 aliphatic carbocycles. The van der Waals surface area contributed by atoms with Crippen molar-refractivity contribution in [2.75, 3.05) is 24.6 Å². The number of hydrogen-bond acceptors (Lipinski definition) is 6. The SMILES string of the molecule is C=CCOc1ccc(N(CC(=O)N[C@@H](CCCCNC(=N)N)C(=O)N[C@@H](CC=C)C(=O)O)C(C)=O)cc1.Cl. The average Bonchev–Trinajstić information content (AvgIpc) is 2.84. The van der Waals surface area contributed by atoms with Gasteiger partial charge in [0.1, 0.15) is 31.0 Å². The van der Waals surface area contributed by atoms with Gasteiger partial charge in [0.15, 0.2) is 5.96 Å². The van der Waals surface area contributed by atoms with Gasteiger partial charge in [0.05, 0.1) is 0 Å². The molecule has 0 unspecified atom stereocenters. The summed E-state index contributed by atoms with van der Waals surface area (Å²) in [5.41, 5.74) is 5.71. The van der Waals surface area contributed by atoms with Crippen LogP contribution in [0.4, 0.5) is 5.69 Å². The standard InChI is InChI=1S/C25H36N6O6.ClH/c1-4-8-21(24(35)36)30-23(34)20(9-6-7-14-28-25(26)27)29-22(33)16-31(17(3)32)18-10-12-19(13-11-18)37-15-5-2;/h4-5,10-13,20-21H,1-2,6-9,14-16H2,3H3,(H,29,33)(H,30,34)(H,35,36)(H4,26,27,28);1H/t20-,21-;/m0./s1. The number of nitrogens with one attached hydrogen (secondary N) is 4. The Labute approximate surface area is 228 Å². The van der Waals surface area contributed by atoms with E-state index in [1.807, 2.05) is 0 Å². The summed E-state index contributed by atoms with van der Waals surface area (Å²) >= 11 is 0. The van der Waals surface area contributed by atoms with Crippen molar-refractivity contribution in [3.63, 3.8) is 0 Å². The smallest absolute Gasteiger partial charge is 0.326 e. The minimum Gasteiger partial charge on any atom is -0.490 e. The Morgan fingerprint density at radius 3 is 2.29 bits per heavy atom. The zero-order valence-corrected chi connectivity index (χ0v) is 22.2. The van der Waals surface area contributed by atoms with E-state index in [0.29, 0.717) is 37.4 Å². The lowest BCUT2D eigenvalue weighted by molar-refractivity contribution is -0.142. The maximum atomic E-state index is 12.9. The van der Waals surface area contributed by atoms with Crippen molar-refractivity contribution in [1.29, 1.82) is 5.41 Å². The van der Waals surface area contributed by atoms with Crippen molar-refractivity contribution in [2.24, 2.45) is 5.73 Å². The molecule has 1 aromatic carbocycles. The monoisotopic (exact) mass is 552 g/mol. The van der Waals surface area contributed by atoms with Crippen LogP contribution in [0.3, 0.4) is 0 Å². The van der Waals surface area contributed by atoms with Gasteiger partial charge in [-0.3, -0.25) is 19.8 Å². The molecule has 7 N–H and O–H groups in total. The van der Waals surface area contributed by atoms with Crippen LogP contribution in [0.15, 0.2) is 49.6 Å². The number of halogens is 1. The van der Waals surface area contributed by atoms with E-state index in [4.69, 9.17) is 15.9 Å². The lowest BCUT2D eigenvalue weighted by atomic mass is 10.1. The molecule has 13 heteroatoms. The van der Waals surface area contributed by atoms with Gasteiger partial charge in [-0.2, -0.15) is 0 Å². The van der Waals surface area contributed by atoms with Crippen LogP contribution in [-0.2, 0) is 19.2 Å². The minimum absolute atomic E-state index is 0. The minimum atomic E-state index is -1.23. The average molecular weight is 553 g/mol. The van der Waals surface area contributed by atoms with E-state index in [2.05, 4.69) is 29.1 Å². The molecule has 12 nitrogen and oxygen atoms in total. The molecule has 2 atom stereocenters. The van der Waals surface area contributed by atoms with E-state index in [-0.39, 0.29) is 43.7 Å². The van der Waals surface area contributed by atoms with Crippen molar-refractivity contribution >= 4 is 47.7 Å². The summed E-state index contributed by atoms with van der Waals surface area (Å²) in [5, 5.41) is 24.2. The van der Waals surface area contributed by atoms with Crippen LogP contribution >= 0.6 is 12.4 Å². The Kier molecular flexibility index (Phi) is 16.3. The van der Waals surface area contributed by atoms with Crippen LogP contribution in [0.25, 0.3) is 0 Å². The van der Waals surface area contributed by atoms with Gasteiger partial charge in [-0.25, -0.2) is 4.79 Å². The van der Waals surface area contributed by atoms with Gasteiger partial charge < -0.3 is 36.4 Å². The normalized spacial score (nSPS) is 11.5. The zero-order valence-electron chi connectivity index (χ0n) is 21.4. The number of amides is 3. The van der Waals surface area contributed by atoms with E-state index < -0.39 is 29.9 Å². The fourth-order valence-electron chi connectivity index (χ4n) is 3.27. The third-order valence-electron chi connectivity index (χ3n) is 5.10. The van der Waals surface area contributed by atoms with Gasteiger partial charge in [-0.15, -0.1) is 19.0 Å². The fourth-order valence-corrected chi connectivity index (χ4v) is 3.27. The molecule has 0 aliphatic rings. The molecule has 0 spiro atoms. The molecule has 0 radical (unpaired) electrons. The Hall–Kier alpha value is -4.06. The van der Waals surface area contributed by atoms with Gasteiger partial charge >= 0.3 is 5.97 Å².